The first kappa shape index (κ1) is 20.6. The van der Waals surface area contributed by atoms with Crippen molar-refractivity contribution in [3.63, 3.8) is 0 Å². The average molecular weight is 474 g/mol. The van der Waals surface area contributed by atoms with E-state index in [0.717, 1.165) is 44.0 Å². The molecule has 34 heavy (non-hydrogen) atoms. The van der Waals surface area contributed by atoms with Crippen LogP contribution in [0.4, 0.5) is 4.39 Å². The number of hydrogen-bond acceptors (Lipinski definition) is 4. The third-order valence-electron chi connectivity index (χ3n) is 6.09. The van der Waals surface area contributed by atoms with Crippen molar-refractivity contribution < 1.29 is 22.8 Å². The van der Waals surface area contributed by atoms with Crippen LogP contribution in [-0.4, -0.2) is 13.0 Å². The van der Waals surface area contributed by atoms with Gasteiger partial charge in [0, 0.05) is 49.8 Å². The summed E-state index contributed by atoms with van der Waals surface area (Å²) < 4.78 is 31.1. The monoisotopic (exact) mass is 473 g/mol. The highest BCUT2D eigenvalue weighted by Gasteiger charge is 2.20. The summed E-state index contributed by atoms with van der Waals surface area (Å²) in [5, 5.41) is 6.71. The van der Waals surface area contributed by atoms with Gasteiger partial charge in [0.05, 0.1) is 13.4 Å². The lowest BCUT2D eigenvalue weighted by molar-refractivity contribution is 0.0950. The van der Waals surface area contributed by atoms with E-state index >= 15 is 0 Å². The van der Waals surface area contributed by atoms with E-state index in [-0.39, 0.29) is 28.8 Å². The summed E-state index contributed by atoms with van der Waals surface area (Å²) in [6.07, 6.45) is 1.64. The fourth-order valence-electron chi connectivity index (χ4n) is 4.38. The van der Waals surface area contributed by atoms with Gasteiger partial charge >= 0.3 is 0 Å². The van der Waals surface area contributed by atoms with E-state index in [1.807, 2.05) is 36.4 Å². The molecule has 1 amide bonds. The zero-order valence-corrected chi connectivity index (χ0v) is 18.7. The molecule has 0 saturated heterocycles. The molecular formula is C27H17ClFNO4. The first-order chi connectivity index (χ1) is 16.5. The van der Waals surface area contributed by atoms with Crippen molar-refractivity contribution in [2.45, 2.75) is 6.54 Å². The Morgan fingerprint density at radius 3 is 2.50 bits per heavy atom. The normalized spacial score (nSPS) is 11.6. The number of fused-ring (bicyclic) bond motifs is 8. The molecule has 0 spiro atoms. The van der Waals surface area contributed by atoms with Crippen LogP contribution in [0.5, 0.6) is 5.75 Å². The molecule has 3 heterocycles. The lowest BCUT2D eigenvalue weighted by Gasteiger charge is -2.11. The third-order valence-corrected chi connectivity index (χ3v) is 6.44. The molecule has 0 saturated carbocycles. The van der Waals surface area contributed by atoms with Crippen molar-refractivity contribution in [3.05, 3.63) is 88.9 Å². The summed E-state index contributed by atoms with van der Waals surface area (Å²) in [6.45, 7) is -0.0688. The summed E-state index contributed by atoms with van der Waals surface area (Å²) in [4.78, 5) is 12.8. The van der Waals surface area contributed by atoms with E-state index < -0.39 is 5.82 Å². The summed E-state index contributed by atoms with van der Waals surface area (Å²) in [6, 6.07) is 18.2. The van der Waals surface area contributed by atoms with E-state index in [9.17, 15) is 9.18 Å². The summed E-state index contributed by atoms with van der Waals surface area (Å²) >= 11 is 6.12. The standard InChI is InChI=1S/C27H17ClFNO4/c1-32-23-9-8-21(28)20(24(23)29)13-30-27(31)15-5-7-17-19(12-15)26-16-6-4-14(22-3-2-10-33-22)11-18(16)25(17)34-26/h2-12H,13H2,1H3,(H,30,31). The Bertz CT molecular complexity index is 1690. The van der Waals surface area contributed by atoms with Crippen molar-refractivity contribution in [3.8, 4) is 17.1 Å². The first-order valence-electron chi connectivity index (χ1n) is 10.6. The second kappa shape index (κ2) is 7.78. The zero-order chi connectivity index (χ0) is 23.4. The first-order valence-corrected chi connectivity index (χ1v) is 11.0. The summed E-state index contributed by atoms with van der Waals surface area (Å²) in [5.74, 6) is -0.0760. The molecule has 0 fully saturated rings. The van der Waals surface area contributed by atoms with Gasteiger partial charge in [0.2, 0.25) is 0 Å². The Morgan fingerprint density at radius 1 is 1.00 bits per heavy atom. The SMILES string of the molecule is COc1ccc(Cl)c(CNC(=O)c2ccc3c(c2)c2oc3c3cc(-c4ccco4)ccc32)c1F. The van der Waals surface area contributed by atoms with E-state index in [1.54, 1.807) is 18.4 Å². The van der Waals surface area contributed by atoms with E-state index in [1.165, 1.54) is 19.2 Å². The van der Waals surface area contributed by atoms with E-state index in [4.69, 9.17) is 25.2 Å². The average Bonchev–Trinajstić information content (AvgIpc) is 3.59. The van der Waals surface area contributed by atoms with Crippen LogP contribution < -0.4 is 10.1 Å². The molecule has 6 rings (SSSR count). The lowest BCUT2D eigenvalue weighted by atomic mass is 9.99. The number of rotatable bonds is 5. The number of methoxy groups -OCH3 is 1. The van der Waals surface area contributed by atoms with Crippen LogP contribution in [-0.2, 0) is 6.54 Å². The van der Waals surface area contributed by atoms with Gasteiger partial charge in [0.15, 0.2) is 11.6 Å². The van der Waals surface area contributed by atoms with Crippen molar-refractivity contribution in [2.75, 3.05) is 7.11 Å². The van der Waals surface area contributed by atoms with Crippen molar-refractivity contribution in [1.29, 1.82) is 0 Å². The molecule has 0 atom stereocenters. The number of nitrogens with one attached hydrogen (secondary N) is 1. The molecule has 3 aromatic heterocycles. The number of carbonyl (C=O) groups excluding carboxylic acids is 1. The molecule has 0 aliphatic rings. The van der Waals surface area contributed by atoms with Crippen LogP contribution in [0.1, 0.15) is 15.9 Å². The summed E-state index contributed by atoms with van der Waals surface area (Å²) in [7, 11) is 1.38. The summed E-state index contributed by atoms with van der Waals surface area (Å²) in [5.41, 5.74) is 3.07. The molecule has 5 nitrogen and oxygen atoms in total. The highest BCUT2D eigenvalue weighted by atomic mass is 35.5. The highest BCUT2D eigenvalue weighted by molar-refractivity contribution is 6.31. The fraction of sp³-hybridized carbons (Fsp3) is 0.0741. The van der Waals surface area contributed by atoms with Gasteiger partial charge in [-0.1, -0.05) is 17.7 Å². The minimum atomic E-state index is -0.590. The molecule has 2 bridgehead atoms. The third kappa shape index (κ3) is 3.10. The minimum Gasteiger partial charge on any atom is -0.494 e. The molecule has 0 radical (unpaired) electrons. The van der Waals surface area contributed by atoms with E-state index in [2.05, 4.69) is 5.32 Å². The Labute approximate surface area is 198 Å². The fourth-order valence-corrected chi connectivity index (χ4v) is 4.59. The van der Waals surface area contributed by atoms with Gasteiger partial charge in [-0.25, -0.2) is 4.39 Å². The predicted octanol–water partition coefficient (Wildman–Crippen LogP) is 7.17. The maximum absolute atomic E-state index is 14.5. The quantitative estimate of drug-likeness (QED) is 0.269. The molecule has 0 aliphatic carbocycles. The number of amides is 1. The second-order valence-corrected chi connectivity index (χ2v) is 8.39. The molecule has 168 valence electrons. The molecule has 6 aromatic rings. The van der Waals surface area contributed by atoms with Crippen LogP contribution in [0.3, 0.4) is 0 Å². The maximum Gasteiger partial charge on any atom is 0.251 e. The van der Waals surface area contributed by atoms with Gasteiger partial charge in [0.1, 0.15) is 16.9 Å². The minimum absolute atomic E-state index is 0.0688. The molecule has 0 unspecified atom stereocenters. The zero-order valence-electron chi connectivity index (χ0n) is 17.9. The molecule has 3 aromatic carbocycles. The Hall–Kier alpha value is -4.03. The number of ether oxygens (including phenoxy) is 1. The van der Waals surface area contributed by atoms with Gasteiger partial charge in [-0.2, -0.15) is 0 Å². The van der Waals surface area contributed by atoms with Crippen LogP contribution >= 0.6 is 11.6 Å². The van der Waals surface area contributed by atoms with E-state index in [0.29, 0.717) is 5.56 Å². The van der Waals surface area contributed by atoms with Gasteiger partial charge in [-0.15, -0.1) is 0 Å². The van der Waals surface area contributed by atoms with Crippen LogP contribution in [0.15, 0.2) is 75.8 Å². The Balaban J connectivity index is 1.33. The second-order valence-electron chi connectivity index (χ2n) is 7.98. The van der Waals surface area contributed by atoms with Gasteiger partial charge < -0.3 is 18.9 Å². The van der Waals surface area contributed by atoms with Gasteiger partial charge in [-0.3, -0.25) is 4.79 Å². The largest absolute Gasteiger partial charge is 0.494 e. The molecule has 1 N–H and O–H groups in total. The van der Waals surface area contributed by atoms with Crippen LogP contribution in [0.25, 0.3) is 44.0 Å². The Morgan fingerprint density at radius 2 is 1.76 bits per heavy atom. The lowest BCUT2D eigenvalue weighted by Crippen LogP contribution is -2.23. The van der Waals surface area contributed by atoms with Crippen LogP contribution in [0.2, 0.25) is 5.02 Å². The van der Waals surface area contributed by atoms with Crippen LogP contribution in [0, 0.1) is 5.82 Å². The number of hydrogen-bond donors (Lipinski definition) is 1. The van der Waals surface area contributed by atoms with Gasteiger partial charge in [-0.05, 0) is 54.6 Å². The smallest absolute Gasteiger partial charge is 0.251 e. The van der Waals surface area contributed by atoms with Crippen molar-refractivity contribution >= 4 is 50.2 Å². The highest BCUT2D eigenvalue weighted by Crippen LogP contribution is 2.42. The number of halogens is 2. The number of furan rings is 3. The van der Waals surface area contributed by atoms with Crippen molar-refractivity contribution in [2.24, 2.45) is 0 Å². The molecular weight excluding hydrogens is 457 g/mol. The number of benzene rings is 4. The topological polar surface area (TPSA) is 64.6 Å². The Kier molecular flexibility index (Phi) is 4.71. The van der Waals surface area contributed by atoms with Gasteiger partial charge in [0.25, 0.3) is 5.91 Å². The predicted molar refractivity (Wildman–Crippen MR) is 129 cm³/mol. The maximum atomic E-state index is 14.5. The number of carbonyl (C=O) groups is 1. The molecule has 7 heteroatoms. The molecule has 0 aliphatic heterocycles. The van der Waals surface area contributed by atoms with Crippen molar-refractivity contribution in [1.82, 2.24) is 5.32 Å².